The number of methoxy groups -OCH3 is 1. The summed E-state index contributed by atoms with van der Waals surface area (Å²) in [5, 5.41) is 3.50. The van der Waals surface area contributed by atoms with E-state index in [1.807, 2.05) is 18.3 Å². The maximum absolute atomic E-state index is 5.25. The molecule has 1 atom stereocenters. The number of nitrogens with zero attached hydrogens (tertiary/aromatic N) is 1. The Hall–Kier alpha value is -1.87. The summed E-state index contributed by atoms with van der Waals surface area (Å²) in [4.78, 5) is 4.40. The predicted molar refractivity (Wildman–Crippen MR) is 82.0 cm³/mol. The zero-order chi connectivity index (χ0) is 14.4. The monoisotopic (exact) mass is 270 g/mol. The van der Waals surface area contributed by atoms with E-state index in [0.29, 0.717) is 6.04 Å². The van der Waals surface area contributed by atoms with Crippen LogP contribution in [-0.2, 0) is 13.0 Å². The quantitative estimate of drug-likeness (QED) is 0.875. The smallest absolute Gasteiger partial charge is 0.119 e. The molecule has 3 nitrogen and oxygen atoms in total. The van der Waals surface area contributed by atoms with Crippen molar-refractivity contribution in [2.75, 3.05) is 7.11 Å². The average molecular weight is 270 g/mol. The molecule has 1 aromatic heterocycles. The summed E-state index contributed by atoms with van der Waals surface area (Å²) in [6.07, 6.45) is 2.88. The van der Waals surface area contributed by atoms with E-state index in [1.165, 1.54) is 11.1 Å². The Morgan fingerprint density at radius 1 is 1.25 bits per heavy atom. The highest BCUT2D eigenvalue weighted by atomic mass is 16.5. The number of benzene rings is 1. The maximum Gasteiger partial charge on any atom is 0.119 e. The molecule has 0 spiro atoms. The molecule has 2 aromatic rings. The Kier molecular flexibility index (Phi) is 5.13. The second-order valence-corrected chi connectivity index (χ2v) is 5.16. The number of aryl methyl sites for hydroxylation is 1. The summed E-state index contributed by atoms with van der Waals surface area (Å²) in [6, 6.07) is 12.8. The molecule has 1 aromatic carbocycles. The zero-order valence-corrected chi connectivity index (χ0v) is 12.4. The maximum atomic E-state index is 5.25. The number of hydrogen-bond donors (Lipinski definition) is 1. The van der Waals surface area contributed by atoms with Crippen molar-refractivity contribution in [1.29, 1.82) is 0 Å². The van der Waals surface area contributed by atoms with Gasteiger partial charge in [-0.15, -0.1) is 0 Å². The lowest BCUT2D eigenvalue weighted by Gasteiger charge is -2.14. The summed E-state index contributed by atoms with van der Waals surface area (Å²) in [7, 11) is 1.70. The first-order chi connectivity index (χ1) is 9.67. The van der Waals surface area contributed by atoms with Crippen LogP contribution in [0.2, 0.25) is 0 Å². The first kappa shape index (κ1) is 14.5. The number of nitrogens with one attached hydrogen (secondary N) is 1. The molecule has 20 heavy (non-hydrogen) atoms. The highest BCUT2D eigenvalue weighted by Crippen LogP contribution is 2.14. The van der Waals surface area contributed by atoms with Gasteiger partial charge in [-0.25, -0.2) is 0 Å². The molecule has 1 unspecified atom stereocenters. The molecular weight excluding hydrogens is 248 g/mol. The Morgan fingerprint density at radius 3 is 2.80 bits per heavy atom. The van der Waals surface area contributed by atoms with Crippen LogP contribution < -0.4 is 10.1 Å². The van der Waals surface area contributed by atoms with Gasteiger partial charge in [-0.1, -0.05) is 18.2 Å². The molecule has 106 valence electrons. The van der Waals surface area contributed by atoms with Crippen LogP contribution in [0.15, 0.2) is 42.6 Å². The van der Waals surface area contributed by atoms with Crippen LogP contribution in [0.5, 0.6) is 5.75 Å². The van der Waals surface area contributed by atoms with Gasteiger partial charge in [-0.05, 0) is 49.6 Å². The lowest BCUT2D eigenvalue weighted by molar-refractivity contribution is 0.414. The molecule has 0 saturated carbocycles. The van der Waals surface area contributed by atoms with Crippen LogP contribution in [0.25, 0.3) is 0 Å². The molecule has 2 rings (SSSR count). The van der Waals surface area contributed by atoms with Crippen LogP contribution in [0, 0.1) is 6.92 Å². The molecule has 0 aliphatic rings. The van der Waals surface area contributed by atoms with Gasteiger partial charge in [0.25, 0.3) is 0 Å². The van der Waals surface area contributed by atoms with E-state index >= 15 is 0 Å². The van der Waals surface area contributed by atoms with Crippen molar-refractivity contribution < 1.29 is 4.74 Å². The van der Waals surface area contributed by atoms with Crippen LogP contribution in [-0.4, -0.2) is 18.1 Å². The first-order valence-corrected chi connectivity index (χ1v) is 6.95. The normalized spacial score (nSPS) is 12.2. The fraction of sp³-hybridized carbons (Fsp3) is 0.353. The molecule has 1 N–H and O–H groups in total. The lowest BCUT2D eigenvalue weighted by Crippen LogP contribution is -2.27. The van der Waals surface area contributed by atoms with Crippen molar-refractivity contribution in [2.24, 2.45) is 0 Å². The van der Waals surface area contributed by atoms with Gasteiger partial charge in [0.2, 0.25) is 0 Å². The number of rotatable bonds is 6. The number of aromatic nitrogens is 1. The standard InChI is InChI=1S/C17H22N2O/c1-13-7-8-16(19-11-13)12-18-14(2)9-15-5-4-6-17(10-15)20-3/h4-8,10-11,14,18H,9,12H2,1-3H3. The van der Waals surface area contributed by atoms with E-state index in [-0.39, 0.29) is 0 Å². The Labute approximate surface area is 121 Å². The van der Waals surface area contributed by atoms with E-state index in [0.717, 1.165) is 24.4 Å². The lowest BCUT2D eigenvalue weighted by atomic mass is 10.1. The minimum atomic E-state index is 0.394. The van der Waals surface area contributed by atoms with E-state index in [4.69, 9.17) is 4.74 Å². The van der Waals surface area contributed by atoms with Gasteiger partial charge in [0.1, 0.15) is 5.75 Å². The highest BCUT2D eigenvalue weighted by molar-refractivity contribution is 5.28. The summed E-state index contributed by atoms with van der Waals surface area (Å²) >= 11 is 0. The van der Waals surface area contributed by atoms with Gasteiger partial charge in [0, 0.05) is 18.8 Å². The van der Waals surface area contributed by atoms with Crippen LogP contribution in [0.3, 0.4) is 0 Å². The Bertz CT molecular complexity index is 537. The van der Waals surface area contributed by atoms with Gasteiger partial charge in [-0.3, -0.25) is 4.98 Å². The molecule has 1 heterocycles. The van der Waals surface area contributed by atoms with Crippen molar-refractivity contribution >= 4 is 0 Å². The average Bonchev–Trinajstić information content (AvgIpc) is 2.47. The molecule has 0 bridgehead atoms. The second-order valence-electron chi connectivity index (χ2n) is 5.16. The molecule has 0 aliphatic carbocycles. The third-order valence-corrected chi connectivity index (χ3v) is 3.28. The van der Waals surface area contributed by atoms with E-state index in [1.54, 1.807) is 7.11 Å². The predicted octanol–water partition coefficient (Wildman–Crippen LogP) is 3.12. The minimum absolute atomic E-state index is 0.394. The SMILES string of the molecule is COc1cccc(CC(C)NCc2ccc(C)cn2)c1. The molecule has 0 saturated heterocycles. The summed E-state index contributed by atoms with van der Waals surface area (Å²) in [6.45, 7) is 5.04. The molecule has 3 heteroatoms. The van der Waals surface area contributed by atoms with Crippen LogP contribution in [0.1, 0.15) is 23.7 Å². The van der Waals surface area contributed by atoms with E-state index < -0.39 is 0 Å². The number of ether oxygens (including phenoxy) is 1. The van der Waals surface area contributed by atoms with Gasteiger partial charge in [0.15, 0.2) is 0 Å². The van der Waals surface area contributed by atoms with E-state index in [2.05, 4.69) is 48.4 Å². The van der Waals surface area contributed by atoms with Crippen LogP contribution in [0.4, 0.5) is 0 Å². The topological polar surface area (TPSA) is 34.1 Å². The van der Waals surface area contributed by atoms with Crippen molar-refractivity contribution in [3.05, 3.63) is 59.4 Å². The number of pyridine rings is 1. The Balaban J connectivity index is 1.85. The fourth-order valence-electron chi connectivity index (χ4n) is 2.11. The largest absolute Gasteiger partial charge is 0.497 e. The van der Waals surface area contributed by atoms with Gasteiger partial charge >= 0.3 is 0 Å². The van der Waals surface area contributed by atoms with Crippen molar-refractivity contribution in [1.82, 2.24) is 10.3 Å². The molecule has 0 amide bonds. The summed E-state index contributed by atoms with van der Waals surface area (Å²) in [5.41, 5.74) is 3.55. The van der Waals surface area contributed by atoms with E-state index in [9.17, 15) is 0 Å². The summed E-state index contributed by atoms with van der Waals surface area (Å²) in [5.74, 6) is 0.912. The minimum Gasteiger partial charge on any atom is -0.497 e. The fourth-order valence-corrected chi connectivity index (χ4v) is 2.11. The first-order valence-electron chi connectivity index (χ1n) is 6.95. The molecule has 0 radical (unpaired) electrons. The van der Waals surface area contributed by atoms with Gasteiger partial charge in [0.05, 0.1) is 12.8 Å². The van der Waals surface area contributed by atoms with Crippen molar-refractivity contribution in [2.45, 2.75) is 32.9 Å². The third kappa shape index (κ3) is 4.35. The molecule has 0 aliphatic heterocycles. The van der Waals surface area contributed by atoms with Crippen molar-refractivity contribution in [3.8, 4) is 5.75 Å². The van der Waals surface area contributed by atoms with Crippen LogP contribution >= 0.6 is 0 Å². The number of hydrogen-bond acceptors (Lipinski definition) is 3. The van der Waals surface area contributed by atoms with Gasteiger partial charge in [-0.2, -0.15) is 0 Å². The Morgan fingerprint density at radius 2 is 2.10 bits per heavy atom. The second kappa shape index (κ2) is 7.06. The van der Waals surface area contributed by atoms with Crippen molar-refractivity contribution in [3.63, 3.8) is 0 Å². The molecular formula is C17H22N2O. The molecule has 0 fully saturated rings. The third-order valence-electron chi connectivity index (χ3n) is 3.28. The zero-order valence-electron chi connectivity index (χ0n) is 12.4. The van der Waals surface area contributed by atoms with Gasteiger partial charge < -0.3 is 10.1 Å². The summed E-state index contributed by atoms with van der Waals surface area (Å²) < 4.78 is 5.25. The highest BCUT2D eigenvalue weighted by Gasteiger charge is 2.04.